The molecule has 2 aromatic rings. The monoisotopic (exact) mass is 379 g/mol. The number of aryl methyl sites for hydroxylation is 1. The summed E-state index contributed by atoms with van der Waals surface area (Å²) >= 11 is 0. The van der Waals surface area contributed by atoms with E-state index >= 15 is 0 Å². The Labute approximate surface area is 165 Å². The van der Waals surface area contributed by atoms with Gasteiger partial charge in [0.25, 0.3) is 11.7 Å². The Morgan fingerprint density at radius 3 is 2.43 bits per heavy atom. The summed E-state index contributed by atoms with van der Waals surface area (Å²) in [4.78, 5) is 27.2. The van der Waals surface area contributed by atoms with E-state index in [-0.39, 0.29) is 11.3 Å². The van der Waals surface area contributed by atoms with Crippen LogP contribution in [0, 0.1) is 6.92 Å². The molecule has 5 nitrogen and oxygen atoms in total. The van der Waals surface area contributed by atoms with Crippen molar-refractivity contribution in [3.8, 4) is 5.75 Å². The van der Waals surface area contributed by atoms with Crippen LogP contribution in [0.3, 0.4) is 0 Å². The van der Waals surface area contributed by atoms with Crippen LogP contribution >= 0.6 is 0 Å². The van der Waals surface area contributed by atoms with Crippen LogP contribution in [-0.2, 0) is 9.59 Å². The molecule has 28 heavy (non-hydrogen) atoms. The van der Waals surface area contributed by atoms with Gasteiger partial charge in [-0.05, 0) is 19.4 Å². The molecule has 1 heterocycles. The van der Waals surface area contributed by atoms with Crippen molar-refractivity contribution < 1.29 is 19.4 Å². The lowest BCUT2D eigenvalue weighted by Gasteiger charge is -2.26. The zero-order valence-corrected chi connectivity index (χ0v) is 16.4. The third kappa shape index (κ3) is 3.52. The molecular weight excluding hydrogens is 354 g/mol. The van der Waals surface area contributed by atoms with Crippen LogP contribution in [0.2, 0.25) is 0 Å². The Balaban J connectivity index is 2.20. The second kappa shape index (κ2) is 8.30. The second-order valence-corrected chi connectivity index (χ2v) is 6.95. The highest BCUT2D eigenvalue weighted by molar-refractivity contribution is 6.46. The second-order valence-electron chi connectivity index (χ2n) is 6.95. The summed E-state index contributed by atoms with van der Waals surface area (Å²) in [7, 11) is 1.55. The molecule has 0 bridgehead atoms. The van der Waals surface area contributed by atoms with Gasteiger partial charge in [0, 0.05) is 17.7 Å². The first kappa shape index (κ1) is 19.7. The number of nitrogens with zero attached hydrogens (tertiary/aromatic N) is 1. The van der Waals surface area contributed by atoms with Gasteiger partial charge in [-0.1, -0.05) is 61.4 Å². The Morgan fingerprint density at radius 1 is 1.11 bits per heavy atom. The lowest BCUT2D eigenvalue weighted by atomic mass is 9.94. The van der Waals surface area contributed by atoms with Crippen LogP contribution in [0.4, 0.5) is 0 Å². The molecule has 146 valence electrons. The van der Waals surface area contributed by atoms with Gasteiger partial charge in [0.1, 0.15) is 11.5 Å². The summed E-state index contributed by atoms with van der Waals surface area (Å²) in [6, 6.07) is 13.8. The number of benzene rings is 2. The molecule has 0 aromatic heterocycles. The number of likely N-dealkylation sites (tertiary alicyclic amines) is 1. The topological polar surface area (TPSA) is 66.8 Å². The van der Waals surface area contributed by atoms with Gasteiger partial charge in [0.05, 0.1) is 18.7 Å². The van der Waals surface area contributed by atoms with E-state index < -0.39 is 17.7 Å². The summed E-state index contributed by atoms with van der Waals surface area (Å²) in [5, 5.41) is 11.0. The third-order valence-corrected chi connectivity index (χ3v) is 5.05. The van der Waals surface area contributed by atoms with E-state index in [1.165, 1.54) is 0 Å². The maximum Gasteiger partial charge on any atom is 0.295 e. The summed E-state index contributed by atoms with van der Waals surface area (Å²) < 4.78 is 5.48. The molecule has 1 aliphatic rings. The minimum absolute atomic E-state index is 0.106. The number of unbranched alkanes of at least 4 members (excludes halogenated alkanes) is 1. The van der Waals surface area contributed by atoms with Gasteiger partial charge in [-0.2, -0.15) is 0 Å². The van der Waals surface area contributed by atoms with Crippen LogP contribution in [0.1, 0.15) is 42.5 Å². The molecule has 5 heteroatoms. The fourth-order valence-electron chi connectivity index (χ4n) is 3.52. The molecule has 0 aliphatic carbocycles. The highest BCUT2D eigenvalue weighted by atomic mass is 16.5. The average molecular weight is 379 g/mol. The minimum atomic E-state index is -0.677. The Morgan fingerprint density at radius 2 is 1.79 bits per heavy atom. The number of Topliss-reactive ketones (excluding diaryl/α,β-unsaturated/α-hetero) is 1. The van der Waals surface area contributed by atoms with E-state index in [2.05, 4.69) is 0 Å². The number of aliphatic hydroxyl groups is 1. The quantitative estimate of drug-likeness (QED) is 0.463. The molecule has 3 rings (SSSR count). The minimum Gasteiger partial charge on any atom is -0.507 e. The first-order chi connectivity index (χ1) is 13.5. The standard InChI is InChI=1S/C23H25NO4/c1-4-5-14-24-20(17-8-6-7-9-18(17)28-3)19(22(26)23(24)27)21(25)16-12-10-15(2)11-13-16/h6-13,20,25H,4-5,14H2,1-3H3/t20-/m0/s1. The van der Waals surface area contributed by atoms with Crippen molar-refractivity contribution in [3.63, 3.8) is 0 Å². The number of aliphatic hydroxyl groups excluding tert-OH is 1. The first-order valence-electron chi connectivity index (χ1n) is 9.48. The molecule has 2 aromatic carbocycles. The predicted molar refractivity (Wildman–Crippen MR) is 108 cm³/mol. The summed E-state index contributed by atoms with van der Waals surface area (Å²) in [6.07, 6.45) is 1.66. The summed E-state index contributed by atoms with van der Waals surface area (Å²) in [5.41, 5.74) is 2.35. The average Bonchev–Trinajstić information content (AvgIpc) is 2.96. The number of methoxy groups -OCH3 is 1. The molecule has 0 spiro atoms. The van der Waals surface area contributed by atoms with Crippen molar-refractivity contribution in [1.29, 1.82) is 0 Å². The number of amides is 1. The molecule has 1 aliphatic heterocycles. The molecule has 1 amide bonds. The van der Waals surface area contributed by atoms with Crippen molar-refractivity contribution in [1.82, 2.24) is 4.90 Å². The van der Waals surface area contributed by atoms with Crippen molar-refractivity contribution in [2.75, 3.05) is 13.7 Å². The van der Waals surface area contributed by atoms with Gasteiger partial charge in [-0.3, -0.25) is 9.59 Å². The molecular formula is C23H25NO4. The van der Waals surface area contributed by atoms with E-state index in [0.717, 1.165) is 18.4 Å². The Hall–Kier alpha value is -3.08. The fraction of sp³-hybridized carbons (Fsp3) is 0.304. The summed E-state index contributed by atoms with van der Waals surface area (Å²) in [5.74, 6) is -0.831. The van der Waals surface area contributed by atoms with Gasteiger partial charge in [-0.15, -0.1) is 0 Å². The van der Waals surface area contributed by atoms with Gasteiger partial charge in [-0.25, -0.2) is 0 Å². The normalized spacial score (nSPS) is 18.5. The van der Waals surface area contributed by atoms with E-state index in [9.17, 15) is 14.7 Å². The maximum absolute atomic E-state index is 12.9. The number of carbonyl (C=O) groups is 2. The van der Waals surface area contributed by atoms with Crippen molar-refractivity contribution in [2.45, 2.75) is 32.7 Å². The Kier molecular flexibility index (Phi) is 5.83. The van der Waals surface area contributed by atoms with E-state index in [0.29, 0.717) is 23.4 Å². The van der Waals surface area contributed by atoms with Gasteiger partial charge in [0.15, 0.2) is 0 Å². The first-order valence-corrected chi connectivity index (χ1v) is 9.48. The largest absolute Gasteiger partial charge is 0.507 e. The van der Waals surface area contributed by atoms with E-state index in [4.69, 9.17) is 4.74 Å². The van der Waals surface area contributed by atoms with Crippen molar-refractivity contribution in [3.05, 3.63) is 70.8 Å². The number of ketones is 1. The molecule has 0 unspecified atom stereocenters. The van der Waals surface area contributed by atoms with Crippen molar-refractivity contribution >= 4 is 17.4 Å². The number of hydrogen-bond acceptors (Lipinski definition) is 4. The molecule has 0 saturated carbocycles. The lowest BCUT2D eigenvalue weighted by Crippen LogP contribution is -2.30. The zero-order chi connectivity index (χ0) is 20.3. The highest BCUT2D eigenvalue weighted by Gasteiger charge is 2.46. The van der Waals surface area contributed by atoms with Gasteiger partial charge < -0.3 is 14.7 Å². The highest BCUT2D eigenvalue weighted by Crippen LogP contribution is 2.42. The summed E-state index contributed by atoms with van der Waals surface area (Å²) in [6.45, 7) is 4.41. The maximum atomic E-state index is 12.9. The zero-order valence-electron chi connectivity index (χ0n) is 16.4. The lowest BCUT2D eigenvalue weighted by molar-refractivity contribution is -0.139. The molecule has 0 radical (unpaired) electrons. The third-order valence-electron chi connectivity index (χ3n) is 5.05. The number of para-hydroxylation sites is 1. The van der Waals surface area contributed by atoms with Crippen LogP contribution in [0.5, 0.6) is 5.75 Å². The van der Waals surface area contributed by atoms with Crippen LogP contribution in [-0.4, -0.2) is 35.4 Å². The number of ether oxygens (including phenoxy) is 1. The van der Waals surface area contributed by atoms with E-state index in [1.54, 1.807) is 30.2 Å². The molecule has 1 atom stereocenters. The predicted octanol–water partition coefficient (Wildman–Crippen LogP) is 4.23. The fourth-order valence-corrected chi connectivity index (χ4v) is 3.52. The number of hydrogen-bond donors (Lipinski definition) is 1. The van der Waals surface area contributed by atoms with E-state index in [1.807, 2.05) is 44.2 Å². The SMILES string of the molecule is CCCCN1C(=O)C(=O)C(=C(O)c2ccc(C)cc2)[C@@H]1c1ccccc1OC. The van der Waals surface area contributed by atoms with Crippen LogP contribution < -0.4 is 4.74 Å². The van der Waals surface area contributed by atoms with Gasteiger partial charge in [0.2, 0.25) is 0 Å². The number of rotatable bonds is 6. The van der Waals surface area contributed by atoms with Crippen LogP contribution in [0.15, 0.2) is 54.1 Å². The molecule has 1 fully saturated rings. The van der Waals surface area contributed by atoms with Crippen LogP contribution in [0.25, 0.3) is 5.76 Å². The van der Waals surface area contributed by atoms with Gasteiger partial charge >= 0.3 is 0 Å². The molecule has 1 N–H and O–H groups in total. The Bertz CT molecular complexity index is 914. The van der Waals surface area contributed by atoms with Crippen molar-refractivity contribution in [2.24, 2.45) is 0 Å². The number of carbonyl (C=O) groups excluding carboxylic acids is 2. The molecule has 1 saturated heterocycles. The smallest absolute Gasteiger partial charge is 0.295 e.